The first-order valence-corrected chi connectivity index (χ1v) is 14.0. The lowest BCUT2D eigenvalue weighted by Crippen LogP contribution is -2.45. The maximum atomic E-state index is 13.3. The largest absolute Gasteiger partial charge is 0.397 e. The number of nitrogens with two attached hydrogens (primary N) is 1. The average molecular weight is 543 g/mol. The van der Waals surface area contributed by atoms with Crippen LogP contribution in [0.4, 0.5) is 17.2 Å². The SMILES string of the molecule is CN1CCN(c2ncccc2-c2ccc(S(=O)(=O)n3ccc(C=CC(=O)Nc4ccccc4N)c3)cc2)CC1. The number of likely N-dealkylation sites (N-methyl/N-ethyl adjacent to an activating group) is 1. The van der Waals surface area contributed by atoms with Gasteiger partial charge in [0.2, 0.25) is 5.91 Å². The Balaban J connectivity index is 1.30. The van der Waals surface area contributed by atoms with Crippen molar-refractivity contribution in [3.05, 3.63) is 97.0 Å². The predicted octanol–water partition coefficient (Wildman–Crippen LogP) is 3.77. The molecule has 1 amide bonds. The molecule has 1 aliphatic rings. The molecule has 10 heteroatoms. The van der Waals surface area contributed by atoms with Crippen LogP contribution in [0.2, 0.25) is 0 Å². The van der Waals surface area contributed by atoms with Crippen molar-refractivity contribution in [3.63, 3.8) is 0 Å². The molecular formula is C29H30N6O3S. The molecule has 200 valence electrons. The van der Waals surface area contributed by atoms with Gasteiger partial charge < -0.3 is 20.9 Å². The summed E-state index contributed by atoms with van der Waals surface area (Å²) >= 11 is 0. The standard InChI is InChI=1S/C29H30N6O3S/c1-33-17-19-34(20-18-33)29-25(5-4-15-31-29)23-9-11-24(12-10-23)39(37,38)35-16-14-22(21-35)8-13-28(36)32-27-7-3-2-6-26(27)30/h2-16,21H,17-20,30H2,1H3,(H,32,36). The number of carbonyl (C=O) groups excluding carboxylic acids is 1. The first-order chi connectivity index (χ1) is 18.8. The first-order valence-electron chi connectivity index (χ1n) is 12.6. The molecule has 2 aromatic heterocycles. The van der Waals surface area contributed by atoms with Gasteiger partial charge in [0, 0.05) is 56.4 Å². The number of piperazine rings is 1. The third kappa shape index (κ3) is 5.87. The van der Waals surface area contributed by atoms with Crippen molar-refractivity contribution in [1.29, 1.82) is 0 Å². The van der Waals surface area contributed by atoms with Gasteiger partial charge in [-0.15, -0.1) is 0 Å². The monoisotopic (exact) mass is 542 g/mol. The van der Waals surface area contributed by atoms with Crippen LogP contribution in [-0.4, -0.2) is 61.4 Å². The third-order valence-electron chi connectivity index (χ3n) is 6.67. The number of carbonyl (C=O) groups is 1. The van der Waals surface area contributed by atoms with E-state index < -0.39 is 10.0 Å². The number of para-hydroxylation sites is 2. The highest BCUT2D eigenvalue weighted by Crippen LogP contribution is 2.30. The number of anilines is 3. The van der Waals surface area contributed by atoms with Crippen molar-refractivity contribution >= 4 is 39.2 Å². The van der Waals surface area contributed by atoms with Crippen LogP contribution in [0.25, 0.3) is 17.2 Å². The van der Waals surface area contributed by atoms with Crippen LogP contribution in [0.5, 0.6) is 0 Å². The molecule has 0 spiro atoms. The topological polar surface area (TPSA) is 114 Å². The van der Waals surface area contributed by atoms with E-state index in [9.17, 15) is 13.2 Å². The summed E-state index contributed by atoms with van der Waals surface area (Å²) in [6.07, 6.45) is 7.60. The summed E-state index contributed by atoms with van der Waals surface area (Å²) in [6.45, 7) is 3.71. The number of benzene rings is 2. The third-order valence-corrected chi connectivity index (χ3v) is 8.32. The van der Waals surface area contributed by atoms with E-state index in [0.717, 1.165) is 47.1 Å². The van der Waals surface area contributed by atoms with E-state index in [-0.39, 0.29) is 10.8 Å². The fraction of sp³-hybridized carbons (Fsp3) is 0.172. The van der Waals surface area contributed by atoms with Crippen LogP contribution in [0.3, 0.4) is 0 Å². The number of hydrogen-bond donors (Lipinski definition) is 2. The number of aromatic nitrogens is 2. The summed E-state index contributed by atoms with van der Waals surface area (Å²) in [5.74, 6) is 0.535. The van der Waals surface area contributed by atoms with Crippen molar-refractivity contribution in [2.75, 3.05) is 49.2 Å². The fourth-order valence-corrected chi connectivity index (χ4v) is 5.62. The van der Waals surface area contributed by atoms with Crippen LogP contribution in [0, 0.1) is 0 Å². The second-order valence-electron chi connectivity index (χ2n) is 9.38. The van der Waals surface area contributed by atoms with Crippen LogP contribution in [0.1, 0.15) is 5.56 Å². The van der Waals surface area contributed by atoms with E-state index in [1.807, 2.05) is 24.3 Å². The van der Waals surface area contributed by atoms with Gasteiger partial charge in [0.05, 0.1) is 16.3 Å². The number of amides is 1. The van der Waals surface area contributed by atoms with E-state index >= 15 is 0 Å². The normalized spacial score (nSPS) is 14.5. The van der Waals surface area contributed by atoms with E-state index in [4.69, 9.17) is 5.73 Å². The fourth-order valence-electron chi connectivity index (χ4n) is 4.42. The summed E-state index contributed by atoms with van der Waals surface area (Å²) in [4.78, 5) is 21.6. The number of hydrogen-bond acceptors (Lipinski definition) is 7. The van der Waals surface area contributed by atoms with Gasteiger partial charge in [-0.2, -0.15) is 0 Å². The van der Waals surface area contributed by atoms with Gasteiger partial charge in [-0.05, 0) is 66.7 Å². The Kier molecular flexibility index (Phi) is 7.49. The molecule has 2 aromatic carbocycles. The molecule has 9 nitrogen and oxygen atoms in total. The highest BCUT2D eigenvalue weighted by molar-refractivity contribution is 7.90. The Hall–Kier alpha value is -4.41. The molecule has 1 aliphatic heterocycles. The summed E-state index contributed by atoms with van der Waals surface area (Å²) < 4.78 is 27.7. The predicted molar refractivity (Wildman–Crippen MR) is 155 cm³/mol. The zero-order chi connectivity index (χ0) is 27.4. The van der Waals surface area contributed by atoms with Crippen LogP contribution >= 0.6 is 0 Å². The zero-order valence-electron chi connectivity index (χ0n) is 21.6. The van der Waals surface area contributed by atoms with E-state index in [1.54, 1.807) is 54.7 Å². The molecule has 0 saturated carbocycles. The molecular weight excluding hydrogens is 512 g/mol. The quantitative estimate of drug-likeness (QED) is 0.270. The van der Waals surface area contributed by atoms with Crippen molar-refractivity contribution < 1.29 is 13.2 Å². The van der Waals surface area contributed by atoms with Crippen molar-refractivity contribution in [2.24, 2.45) is 0 Å². The number of nitrogen functional groups attached to an aromatic ring is 1. The molecule has 1 saturated heterocycles. The first kappa shape index (κ1) is 26.2. The molecule has 3 N–H and O–H groups in total. The lowest BCUT2D eigenvalue weighted by Gasteiger charge is -2.34. The number of pyridine rings is 1. The number of nitrogens with zero attached hydrogens (tertiary/aromatic N) is 4. The second-order valence-corrected chi connectivity index (χ2v) is 11.2. The Bertz CT molecular complexity index is 1600. The highest BCUT2D eigenvalue weighted by Gasteiger charge is 2.20. The van der Waals surface area contributed by atoms with E-state index in [2.05, 4.69) is 27.1 Å². The van der Waals surface area contributed by atoms with Gasteiger partial charge in [-0.1, -0.05) is 24.3 Å². The van der Waals surface area contributed by atoms with E-state index in [1.165, 1.54) is 18.5 Å². The highest BCUT2D eigenvalue weighted by atomic mass is 32.2. The van der Waals surface area contributed by atoms with Crippen LogP contribution in [-0.2, 0) is 14.8 Å². The number of nitrogens with one attached hydrogen (secondary N) is 1. The molecule has 0 radical (unpaired) electrons. The number of rotatable bonds is 7. The average Bonchev–Trinajstić information content (AvgIpc) is 3.44. The van der Waals surface area contributed by atoms with Crippen molar-refractivity contribution in [2.45, 2.75) is 4.90 Å². The van der Waals surface area contributed by atoms with Gasteiger partial charge >= 0.3 is 0 Å². The minimum Gasteiger partial charge on any atom is -0.397 e. The second kappa shape index (κ2) is 11.1. The summed E-state index contributed by atoms with van der Waals surface area (Å²) in [5.41, 5.74) is 9.26. The van der Waals surface area contributed by atoms with Crippen LogP contribution < -0.4 is 16.0 Å². The molecule has 0 aliphatic carbocycles. The zero-order valence-corrected chi connectivity index (χ0v) is 22.4. The summed E-state index contributed by atoms with van der Waals surface area (Å²) in [5, 5.41) is 2.70. The molecule has 0 unspecified atom stereocenters. The van der Waals surface area contributed by atoms with Crippen molar-refractivity contribution in [1.82, 2.24) is 13.9 Å². The Morgan fingerprint density at radius 2 is 1.72 bits per heavy atom. The van der Waals surface area contributed by atoms with Crippen LogP contribution in [0.15, 0.2) is 96.3 Å². The lowest BCUT2D eigenvalue weighted by molar-refractivity contribution is -0.111. The smallest absolute Gasteiger partial charge is 0.267 e. The van der Waals surface area contributed by atoms with E-state index in [0.29, 0.717) is 16.9 Å². The lowest BCUT2D eigenvalue weighted by atomic mass is 10.1. The molecule has 4 aromatic rings. The molecule has 1 fully saturated rings. The van der Waals surface area contributed by atoms with Gasteiger partial charge in [-0.3, -0.25) is 4.79 Å². The van der Waals surface area contributed by atoms with Gasteiger partial charge in [-0.25, -0.2) is 17.4 Å². The van der Waals surface area contributed by atoms with Gasteiger partial charge in [0.25, 0.3) is 10.0 Å². The van der Waals surface area contributed by atoms with Gasteiger partial charge in [0.15, 0.2) is 0 Å². The maximum absolute atomic E-state index is 13.3. The molecule has 39 heavy (non-hydrogen) atoms. The summed E-state index contributed by atoms with van der Waals surface area (Å²) in [7, 11) is -1.70. The molecule has 0 atom stereocenters. The maximum Gasteiger partial charge on any atom is 0.267 e. The van der Waals surface area contributed by atoms with Gasteiger partial charge in [0.1, 0.15) is 5.82 Å². The Morgan fingerprint density at radius 1 is 0.974 bits per heavy atom. The van der Waals surface area contributed by atoms with Crippen molar-refractivity contribution in [3.8, 4) is 11.1 Å². The molecule has 0 bridgehead atoms. The minimum absolute atomic E-state index is 0.166. The Labute approximate surface area is 228 Å². The Morgan fingerprint density at radius 3 is 2.46 bits per heavy atom. The molecule has 5 rings (SSSR count). The summed E-state index contributed by atoms with van der Waals surface area (Å²) in [6, 6.07) is 19.3. The molecule has 3 heterocycles. The minimum atomic E-state index is -3.81.